The Balaban J connectivity index is 0. The zero-order chi connectivity index (χ0) is 13.8. The minimum absolute atomic E-state index is 0. The van der Waals surface area contributed by atoms with Gasteiger partial charge < -0.3 is 10.2 Å². The molecule has 0 radical (unpaired) electrons. The lowest BCUT2D eigenvalue weighted by atomic mass is 10.2. The molecule has 0 bridgehead atoms. The van der Waals surface area contributed by atoms with Crippen LogP contribution in [0, 0.1) is 0 Å². The van der Waals surface area contributed by atoms with Gasteiger partial charge in [-0.3, -0.25) is 4.99 Å². The molecular formula is C14H30IN3S. The number of nitrogens with one attached hydrogen (secondary N) is 1. The average Bonchev–Trinajstić information content (AvgIpc) is 2.38. The lowest BCUT2D eigenvalue weighted by Crippen LogP contribution is -2.41. The number of hydrogen-bond acceptors (Lipinski definition) is 2. The minimum Gasteiger partial charge on any atom is -0.355 e. The molecular weight excluding hydrogens is 369 g/mol. The number of rotatable bonds is 9. The smallest absolute Gasteiger partial charge is 0.193 e. The average molecular weight is 399 g/mol. The highest BCUT2D eigenvalue weighted by Crippen LogP contribution is 2.04. The van der Waals surface area contributed by atoms with Gasteiger partial charge in [0.25, 0.3) is 0 Å². The Morgan fingerprint density at radius 1 is 1.42 bits per heavy atom. The molecule has 0 saturated carbocycles. The van der Waals surface area contributed by atoms with E-state index in [4.69, 9.17) is 0 Å². The molecule has 0 spiro atoms. The molecule has 0 aromatic heterocycles. The highest BCUT2D eigenvalue weighted by atomic mass is 127. The molecule has 1 unspecified atom stereocenters. The van der Waals surface area contributed by atoms with Crippen molar-refractivity contribution in [3.63, 3.8) is 0 Å². The van der Waals surface area contributed by atoms with Gasteiger partial charge >= 0.3 is 0 Å². The first-order valence-electron chi connectivity index (χ1n) is 6.71. The second-order valence-electron chi connectivity index (χ2n) is 4.53. The van der Waals surface area contributed by atoms with Crippen LogP contribution in [0.5, 0.6) is 0 Å². The molecule has 114 valence electrons. The number of guanidine groups is 1. The van der Waals surface area contributed by atoms with E-state index in [1.54, 1.807) is 0 Å². The van der Waals surface area contributed by atoms with Crippen molar-refractivity contribution < 1.29 is 0 Å². The third-order valence-electron chi connectivity index (χ3n) is 2.93. The number of unbranched alkanes of at least 4 members (excludes halogenated alkanes) is 3. The molecule has 19 heavy (non-hydrogen) atoms. The van der Waals surface area contributed by atoms with Gasteiger partial charge in [0.15, 0.2) is 5.96 Å². The molecule has 0 aromatic rings. The van der Waals surface area contributed by atoms with E-state index in [9.17, 15) is 0 Å². The van der Waals surface area contributed by atoms with Gasteiger partial charge in [0.2, 0.25) is 0 Å². The summed E-state index contributed by atoms with van der Waals surface area (Å²) in [5.74, 6) is 1.000. The van der Waals surface area contributed by atoms with Crippen molar-refractivity contribution in [1.29, 1.82) is 0 Å². The number of thioether (sulfide) groups is 1. The minimum atomic E-state index is 0. The van der Waals surface area contributed by atoms with E-state index in [-0.39, 0.29) is 24.0 Å². The van der Waals surface area contributed by atoms with E-state index in [1.807, 2.05) is 24.9 Å². The fraction of sp³-hybridized carbons (Fsp3) is 0.786. The molecule has 0 saturated heterocycles. The van der Waals surface area contributed by atoms with E-state index >= 15 is 0 Å². The monoisotopic (exact) mass is 399 g/mol. The number of aliphatic imine (C=N–C) groups is 1. The second-order valence-corrected chi connectivity index (χ2v) is 5.81. The topological polar surface area (TPSA) is 27.6 Å². The summed E-state index contributed by atoms with van der Waals surface area (Å²) in [7, 11) is 3.95. The van der Waals surface area contributed by atoms with Gasteiger partial charge in [0.1, 0.15) is 0 Å². The second kappa shape index (κ2) is 14.5. The van der Waals surface area contributed by atoms with Gasteiger partial charge in [-0.2, -0.15) is 11.8 Å². The largest absolute Gasteiger partial charge is 0.355 e. The van der Waals surface area contributed by atoms with Crippen molar-refractivity contribution >= 4 is 41.7 Å². The standard InChI is InChI=1S/C14H29N3S.HI/c1-6-7-8-9-10-11-17(4)14(15-3)16-12-13(2)18-5;/h6,13H,1,7-12H2,2-5H3,(H,15,16);1H. The summed E-state index contributed by atoms with van der Waals surface area (Å²) < 4.78 is 0. The van der Waals surface area contributed by atoms with Crippen LogP contribution < -0.4 is 5.32 Å². The first-order chi connectivity index (χ1) is 8.65. The van der Waals surface area contributed by atoms with E-state index < -0.39 is 0 Å². The maximum atomic E-state index is 4.32. The Labute approximate surface area is 140 Å². The molecule has 0 rings (SSSR count). The summed E-state index contributed by atoms with van der Waals surface area (Å²) in [6.07, 6.45) is 8.97. The number of hydrogen-bond donors (Lipinski definition) is 1. The Kier molecular flexibility index (Phi) is 16.3. The third-order valence-corrected chi connectivity index (χ3v) is 3.90. The zero-order valence-corrected chi connectivity index (χ0v) is 16.0. The number of halogens is 1. The first-order valence-corrected chi connectivity index (χ1v) is 8.00. The third kappa shape index (κ3) is 11.6. The van der Waals surface area contributed by atoms with Gasteiger partial charge in [-0.1, -0.05) is 19.4 Å². The van der Waals surface area contributed by atoms with Crippen LogP contribution in [0.4, 0.5) is 0 Å². The van der Waals surface area contributed by atoms with Crippen LogP contribution in [0.15, 0.2) is 17.6 Å². The van der Waals surface area contributed by atoms with Crippen LogP contribution in [0.25, 0.3) is 0 Å². The van der Waals surface area contributed by atoms with E-state index in [0.29, 0.717) is 5.25 Å². The van der Waals surface area contributed by atoms with Gasteiger partial charge in [0, 0.05) is 32.4 Å². The molecule has 5 heteroatoms. The molecule has 0 aliphatic carbocycles. The quantitative estimate of drug-likeness (QED) is 0.211. The summed E-state index contributed by atoms with van der Waals surface area (Å²) in [4.78, 5) is 6.52. The van der Waals surface area contributed by atoms with Crippen molar-refractivity contribution in [3.8, 4) is 0 Å². The van der Waals surface area contributed by atoms with Crippen molar-refractivity contribution in [3.05, 3.63) is 12.7 Å². The predicted molar refractivity (Wildman–Crippen MR) is 101 cm³/mol. The summed E-state index contributed by atoms with van der Waals surface area (Å²) in [6.45, 7) is 7.99. The molecule has 0 heterocycles. The summed E-state index contributed by atoms with van der Waals surface area (Å²) in [5, 5.41) is 4.02. The SMILES string of the molecule is C=CCCCCCN(C)C(=NC)NCC(C)SC.I. The summed E-state index contributed by atoms with van der Waals surface area (Å²) >= 11 is 1.87. The molecule has 0 aliphatic rings. The predicted octanol–water partition coefficient (Wildman–Crippen LogP) is 3.61. The number of allylic oxidation sites excluding steroid dienone is 1. The first kappa shape index (κ1) is 21.4. The molecule has 0 aliphatic heterocycles. The fourth-order valence-electron chi connectivity index (χ4n) is 1.62. The summed E-state index contributed by atoms with van der Waals surface area (Å²) in [5.41, 5.74) is 0. The maximum absolute atomic E-state index is 4.32. The zero-order valence-electron chi connectivity index (χ0n) is 12.8. The molecule has 0 fully saturated rings. The van der Waals surface area contributed by atoms with Crippen molar-refractivity contribution in [2.45, 2.75) is 37.9 Å². The Bertz CT molecular complexity index is 247. The van der Waals surface area contributed by atoms with Crippen LogP contribution in [0.2, 0.25) is 0 Å². The Morgan fingerprint density at radius 2 is 2.11 bits per heavy atom. The van der Waals surface area contributed by atoms with Crippen molar-refractivity contribution in [2.75, 3.05) is 33.4 Å². The van der Waals surface area contributed by atoms with E-state index in [2.05, 4.69) is 42.0 Å². The van der Waals surface area contributed by atoms with Gasteiger partial charge in [0.05, 0.1) is 0 Å². The van der Waals surface area contributed by atoms with Crippen LogP contribution in [-0.4, -0.2) is 49.6 Å². The molecule has 3 nitrogen and oxygen atoms in total. The van der Waals surface area contributed by atoms with E-state index in [0.717, 1.165) is 25.5 Å². The highest BCUT2D eigenvalue weighted by molar-refractivity contribution is 14.0. The van der Waals surface area contributed by atoms with Crippen LogP contribution in [0.1, 0.15) is 32.6 Å². The van der Waals surface area contributed by atoms with Crippen molar-refractivity contribution in [1.82, 2.24) is 10.2 Å². The van der Waals surface area contributed by atoms with Crippen LogP contribution >= 0.6 is 35.7 Å². The highest BCUT2D eigenvalue weighted by Gasteiger charge is 2.06. The van der Waals surface area contributed by atoms with E-state index in [1.165, 1.54) is 19.3 Å². The van der Waals surface area contributed by atoms with Gasteiger partial charge in [-0.05, 0) is 25.5 Å². The van der Waals surface area contributed by atoms with Crippen LogP contribution in [0.3, 0.4) is 0 Å². The Morgan fingerprint density at radius 3 is 2.63 bits per heavy atom. The molecule has 1 N–H and O–H groups in total. The molecule has 0 amide bonds. The molecule has 0 aromatic carbocycles. The van der Waals surface area contributed by atoms with Crippen molar-refractivity contribution in [2.24, 2.45) is 4.99 Å². The lowest BCUT2D eigenvalue weighted by Gasteiger charge is -2.23. The van der Waals surface area contributed by atoms with Crippen LogP contribution in [-0.2, 0) is 0 Å². The van der Waals surface area contributed by atoms with Gasteiger partial charge in [-0.25, -0.2) is 0 Å². The maximum Gasteiger partial charge on any atom is 0.193 e. The normalized spacial score (nSPS) is 12.5. The summed E-state index contributed by atoms with van der Waals surface area (Å²) in [6, 6.07) is 0. The lowest BCUT2D eigenvalue weighted by molar-refractivity contribution is 0.455. The Hall–Kier alpha value is 0.0900. The number of nitrogens with zero attached hydrogens (tertiary/aromatic N) is 2. The van der Waals surface area contributed by atoms with Gasteiger partial charge in [-0.15, -0.1) is 30.6 Å². The molecule has 1 atom stereocenters. The fourth-order valence-corrected chi connectivity index (χ4v) is 1.87.